The zero-order valence-corrected chi connectivity index (χ0v) is 7.96. The molecule has 0 aromatic carbocycles. The third-order valence-corrected chi connectivity index (χ3v) is 1.60. The Labute approximate surface area is 71.7 Å². The normalized spacial score (nSPS) is 11.5. The number of nitrogens with zero attached hydrogens (tertiary/aromatic N) is 2. The van der Waals surface area contributed by atoms with E-state index in [1.807, 2.05) is 27.7 Å². The van der Waals surface area contributed by atoms with Gasteiger partial charge in [0.1, 0.15) is 0 Å². The third-order valence-electron chi connectivity index (χ3n) is 1.60. The van der Waals surface area contributed by atoms with Gasteiger partial charge in [-0.1, -0.05) is 13.8 Å². The van der Waals surface area contributed by atoms with Crippen molar-refractivity contribution in [2.45, 2.75) is 39.7 Å². The first-order chi connectivity index (χ1) is 5.52. The molecule has 0 atom stereocenters. The standard InChI is InChI=1S/C8H15N3O/c1-5(2)7-10-11(6(3)4)8(9)12-7/h5-6,9H,1-4H3. The lowest BCUT2D eigenvalue weighted by atomic mass is 10.2. The van der Waals surface area contributed by atoms with Crippen molar-refractivity contribution in [1.82, 2.24) is 9.78 Å². The van der Waals surface area contributed by atoms with Gasteiger partial charge in [0.25, 0.3) is 0 Å². The van der Waals surface area contributed by atoms with E-state index in [1.54, 1.807) is 4.68 Å². The van der Waals surface area contributed by atoms with Crippen LogP contribution in [0, 0.1) is 5.41 Å². The Morgan fingerprint density at radius 1 is 1.33 bits per heavy atom. The molecule has 1 rings (SSSR count). The SMILES string of the molecule is CC(C)c1nn(C(C)C)c(=N)o1. The van der Waals surface area contributed by atoms with Crippen molar-refractivity contribution in [1.29, 1.82) is 5.41 Å². The van der Waals surface area contributed by atoms with Gasteiger partial charge in [-0.15, -0.1) is 5.10 Å². The molecule has 4 nitrogen and oxygen atoms in total. The maximum absolute atomic E-state index is 7.45. The molecule has 12 heavy (non-hydrogen) atoms. The second-order valence-corrected chi connectivity index (χ2v) is 3.44. The molecule has 1 aromatic heterocycles. The maximum Gasteiger partial charge on any atom is 0.312 e. The molecule has 1 aromatic rings. The van der Waals surface area contributed by atoms with Gasteiger partial charge in [0, 0.05) is 5.92 Å². The van der Waals surface area contributed by atoms with Crippen LogP contribution >= 0.6 is 0 Å². The van der Waals surface area contributed by atoms with Gasteiger partial charge in [-0.05, 0) is 13.8 Å². The van der Waals surface area contributed by atoms with Crippen LogP contribution in [0.1, 0.15) is 45.5 Å². The number of aromatic nitrogens is 2. The molecule has 0 fully saturated rings. The first-order valence-electron chi connectivity index (χ1n) is 4.16. The fourth-order valence-electron chi connectivity index (χ4n) is 0.901. The Hall–Kier alpha value is -1.06. The Bertz CT molecular complexity index is 308. The molecule has 0 aliphatic carbocycles. The smallest absolute Gasteiger partial charge is 0.312 e. The molecule has 0 amide bonds. The fraction of sp³-hybridized carbons (Fsp3) is 0.750. The molecule has 0 spiro atoms. The lowest BCUT2D eigenvalue weighted by Gasteiger charge is -2.00. The summed E-state index contributed by atoms with van der Waals surface area (Å²) in [6, 6.07) is 0.189. The van der Waals surface area contributed by atoms with E-state index in [1.165, 1.54) is 0 Å². The molecule has 0 radical (unpaired) electrons. The molecule has 0 saturated carbocycles. The molecule has 0 bridgehead atoms. The van der Waals surface area contributed by atoms with E-state index in [2.05, 4.69) is 5.10 Å². The summed E-state index contributed by atoms with van der Waals surface area (Å²) in [6.07, 6.45) is 0. The van der Waals surface area contributed by atoms with Crippen LogP contribution in [0.3, 0.4) is 0 Å². The summed E-state index contributed by atoms with van der Waals surface area (Å²) in [7, 11) is 0. The summed E-state index contributed by atoms with van der Waals surface area (Å²) in [6.45, 7) is 7.95. The molecule has 1 N–H and O–H groups in total. The molecule has 0 aliphatic heterocycles. The van der Waals surface area contributed by atoms with E-state index < -0.39 is 0 Å². The molecule has 68 valence electrons. The molecule has 0 aliphatic rings. The van der Waals surface area contributed by atoms with Crippen LogP contribution < -0.4 is 5.68 Å². The molecule has 0 unspecified atom stereocenters. The van der Waals surface area contributed by atoms with Gasteiger partial charge < -0.3 is 4.42 Å². The molecule has 0 saturated heterocycles. The van der Waals surface area contributed by atoms with Crippen molar-refractivity contribution in [3.8, 4) is 0 Å². The van der Waals surface area contributed by atoms with E-state index in [9.17, 15) is 0 Å². The lowest BCUT2D eigenvalue weighted by Crippen LogP contribution is -2.17. The second kappa shape index (κ2) is 3.13. The number of rotatable bonds is 2. The summed E-state index contributed by atoms with van der Waals surface area (Å²) < 4.78 is 6.73. The molecular formula is C8H15N3O. The van der Waals surface area contributed by atoms with Crippen LogP contribution in [0.4, 0.5) is 0 Å². The van der Waals surface area contributed by atoms with Crippen LogP contribution in [0.15, 0.2) is 4.42 Å². The van der Waals surface area contributed by atoms with Crippen molar-refractivity contribution in [2.75, 3.05) is 0 Å². The van der Waals surface area contributed by atoms with E-state index in [0.717, 1.165) is 0 Å². The highest BCUT2D eigenvalue weighted by Gasteiger charge is 2.10. The van der Waals surface area contributed by atoms with Crippen LogP contribution in [0.2, 0.25) is 0 Å². The zero-order chi connectivity index (χ0) is 9.30. The average molecular weight is 169 g/mol. The lowest BCUT2D eigenvalue weighted by molar-refractivity contribution is 0.398. The summed E-state index contributed by atoms with van der Waals surface area (Å²) in [5, 5.41) is 11.6. The minimum Gasteiger partial charge on any atom is -0.408 e. The van der Waals surface area contributed by atoms with E-state index in [-0.39, 0.29) is 17.6 Å². The van der Waals surface area contributed by atoms with Crippen molar-refractivity contribution in [3.05, 3.63) is 11.6 Å². The maximum atomic E-state index is 7.45. The molecule has 4 heteroatoms. The quantitative estimate of drug-likeness (QED) is 0.732. The Morgan fingerprint density at radius 3 is 2.17 bits per heavy atom. The zero-order valence-electron chi connectivity index (χ0n) is 7.96. The van der Waals surface area contributed by atoms with Crippen molar-refractivity contribution in [3.63, 3.8) is 0 Å². The summed E-state index contributed by atoms with van der Waals surface area (Å²) in [5.41, 5.74) is 0.133. The number of hydrogen-bond acceptors (Lipinski definition) is 3. The summed E-state index contributed by atoms with van der Waals surface area (Å²) >= 11 is 0. The van der Waals surface area contributed by atoms with Gasteiger partial charge >= 0.3 is 5.68 Å². The number of hydrogen-bond donors (Lipinski definition) is 1. The van der Waals surface area contributed by atoms with Crippen molar-refractivity contribution >= 4 is 0 Å². The predicted molar refractivity (Wildman–Crippen MR) is 44.8 cm³/mol. The highest BCUT2D eigenvalue weighted by Crippen LogP contribution is 2.09. The average Bonchev–Trinajstić information content (AvgIpc) is 2.30. The van der Waals surface area contributed by atoms with E-state index in [0.29, 0.717) is 5.89 Å². The number of nitrogens with one attached hydrogen (secondary N) is 1. The summed E-state index contributed by atoms with van der Waals surface area (Å²) in [5.74, 6) is 0.878. The van der Waals surface area contributed by atoms with Gasteiger partial charge in [0.05, 0.1) is 6.04 Å². The van der Waals surface area contributed by atoms with Gasteiger partial charge in [0.2, 0.25) is 5.89 Å². The molecule has 1 heterocycles. The highest BCUT2D eigenvalue weighted by atomic mass is 16.4. The van der Waals surface area contributed by atoms with Gasteiger partial charge in [0.15, 0.2) is 0 Å². The van der Waals surface area contributed by atoms with E-state index in [4.69, 9.17) is 9.83 Å². The van der Waals surface area contributed by atoms with Crippen LogP contribution in [-0.2, 0) is 0 Å². The highest BCUT2D eigenvalue weighted by molar-refractivity contribution is 4.82. The predicted octanol–water partition coefficient (Wildman–Crippen LogP) is 1.66. The van der Waals surface area contributed by atoms with Crippen molar-refractivity contribution in [2.24, 2.45) is 0 Å². The minimum atomic E-state index is 0.133. The first kappa shape index (κ1) is 9.03. The second-order valence-electron chi connectivity index (χ2n) is 3.44. The van der Waals surface area contributed by atoms with Gasteiger partial charge in [-0.2, -0.15) is 0 Å². The van der Waals surface area contributed by atoms with Crippen LogP contribution in [0.25, 0.3) is 0 Å². The molecular weight excluding hydrogens is 154 g/mol. The van der Waals surface area contributed by atoms with Crippen molar-refractivity contribution < 1.29 is 4.42 Å². The van der Waals surface area contributed by atoms with Crippen LogP contribution in [0.5, 0.6) is 0 Å². The minimum absolute atomic E-state index is 0.133. The Morgan fingerprint density at radius 2 is 1.92 bits per heavy atom. The Kier molecular flexibility index (Phi) is 2.35. The van der Waals surface area contributed by atoms with E-state index >= 15 is 0 Å². The van der Waals surface area contributed by atoms with Gasteiger partial charge in [-0.3, -0.25) is 0 Å². The monoisotopic (exact) mass is 169 g/mol. The third kappa shape index (κ3) is 1.57. The largest absolute Gasteiger partial charge is 0.408 e. The van der Waals surface area contributed by atoms with Gasteiger partial charge in [-0.25, -0.2) is 10.1 Å². The first-order valence-corrected chi connectivity index (χ1v) is 4.16. The fourth-order valence-corrected chi connectivity index (χ4v) is 0.901. The Balaban J connectivity index is 3.09. The summed E-state index contributed by atoms with van der Waals surface area (Å²) in [4.78, 5) is 0. The topological polar surface area (TPSA) is 54.8 Å². The van der Waals surface area contributed by atoms with Crippen LogP contribution in [-0.4, -0.2) is 9.78 Å².